The van der Waals surface area contributed by atoms with Crippen LogP contribution in [-0.2, 0) is 15.4 Å². The Labute approximate surface area is 178 Å². The lowest BCUT2D eigenvalue weighted by atomic mass is 9.80. The molecule has 5 nitrogen and oxygen atoms in total. The van der Waals surface area contributed by atoms with Crippen LogP contribution in [0, 0.1) is 0 Å². The monoisotopic (exact) mass is 442 g/mol. The molecule has 1 aromatic heterocycles. The number of aromatic hydroxyl groups is 1. The summed E-state index contributed by atoms with van der Waals surface area (Å²) in [5.74, 6) is 0.0968. The number of hydrogen-bond acceptors (Lipinski definition) is 4. The Kier molecular flexibility index (Phi) is 5.26. The summed E-state index contributed by atoms with van der Waals surface area (Å²) in [6.45, 7) is 0. The summed E-state index contributed by atoms with van der Waals surface area (Å²) in [5, 5.41) is 13.8. The fourth-order valence-corrected chi connectivity index (χ4v) is 4.35. The quantitative estimate of drug-likeness (QED) is 0.621. The van der Waals surface area contributed by atoms with Crippen LogP contribution >= 0.6 is 0 Å². The van der Waals surface area contributed by atoms with Crippen LogP contribution in [0.25, 0.3) is 5.57 Å². The summed E-state index contributed by atoms with van der Waals surface area (Å²) < 4.78 is 51.5. The Hall–Kier alpha value is -3.26. The van der Waals surface area contributed by atoms with Crippen LogP contribution in [0.3, 0.4) is 0 Å². The number of alkyl halides is 2. The maximum absolute atomic E-state index is 13.2. The molecule has 1 heterocycles. The number of sulfone groups is 1. The Balaban J connectivity index is 1.85. The van der Waals surface area contributed by atoms with Gasteiger partial charge in [-0.2, -0.15) is 5.10 Å². The third kappa shape index (κ3) is 4.03. The summed E-state index contributed by atoms with van der Waals surface area (Å²) in [6, 6.07) is 14.4. The molecule has 1 aliphatic rings. The molecule has 0 aliphatic heterocycles. The first kappa shape index (κ1) is 21.0. The van der Waals surface area contributed by atoms with Crippen LogP contribution in [0.15, 0.2) is 83.9 Å². The highest BCUT2D eigenvalue weighted by Gasteiger charge is 2.35. The Morgan fingerprint density at radius 2 is 1.74 bits per heavy atom. The van der Waals surface area contributed by atoms with Gasteiger partial charge in [-0.3, -0.25) is 4.68 Å². The minimum Gasteiger partial charge on any atom is -0.508 e. The van der Waals surface area contributed by atoms with Crippen molar-refractivity contribution < 1.29 is 22.3 Å². The van der Waals surface area contributed by atoms with Gasteiger partial charge in [0.1, 0.15) is 17.0 Å². The molecule has 1 aliphatic carbocycles. The van der Waals surface area contributed by atoms with Crippen molar-refractivity contribution in [2.75, 3.05) is 6.26 Å². The van der Waals surface area contributed by atoms with E-state index in [1.54, 1.807) is 48.5 Å². The molecule has 3 aromatic rings. The zero-order valence-electron chi connectivity index (χ0n) is 16.6. The Bertz CT molecular complexity index is 1260. The van der Waals surface area contributed by atoms with Gasteiger partial charge in [0.2, 0.25) is 0 Å². The smallest absolute Gasteiger partial charge is 0.282 e. The molecular weight excluding hydrogens is 422 g/mol. The van der Waals surface area contributed by atoms with Gasteiger partial charge in [-0.15, -0.1) is 0 Å². The second-order valence-electron chi connectivity index (χ2n) is 7.46. The molecule has 31 heavy (non-hydrogen) atoms. The van der Waals surface area contributed by atoms with Gasteiger partial charge in [0.15, 0.2) is 9.84 Å². The van der Waals surface area contributed by atoms with Gasteiger partial charge >= 0.3 is 0 Å². The fraction of sp³-hybridized carbons (Fsp3) is 0.174. The number of rotatable bonds is 5. The van der Waals surface area contributed by atoms with Gasteiger partial charge in [-0.1, -0.05) is 36.4 Å². The molecular formula is C23H20F2N2O3S. The first-order chi connectivity index (χ1) is 14.7. The molecule has 1 atom stereocenters. The number of phenols is 1. The highest BCUT2D eigenvalue weighted by molar-refractivity contribution is 7.90. The molecule has 0 amide bonds. The van der Waals surface area contributed by atoms with Crippen LogP contribution in [0.1, 0.15) is 29.7 Å². The van der Waals surface area contributed by atoms with Gasteiger partial charge in [-0.25, -0.2) is 17.2 Å². The van der Waals surface area contributed by atoms with Crippen LogP contribution < -0.4 is 0 Å². The van der Waals surface area contributed by atoms with Crippen molar-refractivity contribution in [2.45, 2.75) is 23.3 Å². The average Bonchev–Trinajstić information content (AvgIpc) is 3.25. The van der Waals surface area contributed by atoms with Crippen molar-refractivity contribution in [3.8, 4) is 5.75 Å². The maximum Gasteiger partial charge on any atom is 0.282 e. The number of aromatic nitrogens is 2. The van der Waals surface area contributed by atoms with Crippen molar-refractivity contribution in [3.05, 3.63) is 95.8 Å². The van der Waals surface area contributed by atoms with Gasteiger partial charge in [0, 0.05) is 12.5 Å². The summed E-state index contributed by atoms with van der Waals surface area (Å²) in [5.41, 5.74) is 1.14. The van der Waals surface area contributed by atoms with E-state index in [4.69, 9.17) is 0 Å². The first-order valence-corrected chi connectivity index (χ1v) is 11.4. The minimum absolute atomic E-state index is 0.0968. The van der Waals surface area contributed by atoms with Crippen molar-refractivity contribution in [1.82, 2.24) is 9.78 Å². The van der Waals surface area contributed by atoms with Crippen molar-refractivity contribution in [1.29, 1.82) is 0 Å². The molecule has 0 saturated carbocycles. The molecule has 0 saturated heterocycles. The lowest BCUT2D eigenvalue weighted by Crippen LogP contribution is -2.34. The molecule has 1 unspecified atom stereocenters. The minimum atomic E-state index is -3.31. The fourth-order valence-electron chi connectivity index (χ4n) is 3.72. The third-order valence-electron chi connectivity index (χ3n) is 5.35. The number of hydrogen-bond donors (Lipinski definition) is 1. The molecule has 0 radical (unpaired) electrons. The number of phenolic OH excluding ortho intramolecular Hbond substituents is 1. The highest BCUT2D eigenvalue weighted by atomic mass is 32.2. The molecule has 4 rings (SSSR count). The van der Waals surface area contributed by atoms with E-state index < -0.39 is 21.8 Å². The molecule has 160 valence electrons. The zero-order valence-corrected chi connectivity index (χ0v) is 17.4. The van der Waals surface area contributed by atoms with E-state index in [2.05, 4.69) is 5.10 Å². The Morgan fingerprint density at radius 1 is 1.06 bits per heavy atom. The summed E-state index contributed by atoms with van der Waals surface area (Å²) >= 11 is 0. The number of benzene rings is 2. The topological polar surface area (TPSA) is 72.2 Å². The second-order valence-corrected chi connectivity index (χ2v) is 9.48. The SMILES string of the molecule is CS(=O)(=O)c1ccc(C2=CC(c3ccc(O)cc3)(n3ccc(C(F)F)n3)CC=C2)cc1. The van der Waals surface area contributed by atoms with Crippen LogP contribution in [0.4, 0.5) is 8.78 Å². The van der Waals surface area contributed by atoms with E-state index in [1.165, 1.54) is 16.9 Å². The van der Waals surface area contributed by atoms with Crippen molar-refractivity contribution >= 4 is 15.4 Å². The second kappa shape index (κ2) is 7.77. The van der Waals surface area contributed by atoms with E-state index >= 15 is 0 Å². The lowest BCUT2D eigenvalue weighted by molar-refractivity contribution is 0.144. The van der Waals surface area contributed by atoms with E-state index in [1.807, 2.05) is 18.2 Å². The molecule has 0 spiro atoms. The lowest BCUT2D eigenvalue weighted by Gasteiger charge is -2.34. The van der Waals surface area contributed by atoms with E-state index in [-0.39, 0.29) is 16.3 Å². The first-order valence-electron chi connectivity index (χ1n) is 9.53. The van der Waals surface area contributed by atoms with E-state index in [9.17, 15) is 22.3 Å². The predicted octanol–water partition coefficient (Wildman–Crippen LogP) is 4.72. The number of nitrogens with zero attached hydrogens (tertiary/aromatic N) is 2. The standard InChI is InChI=1S/C23H20F2N2O3S/c1-31(29,30)20-10-4-16(5-11-20)17-3-2-13-23(15-17,18-6-8-19(28)9-7-18)27-14-12-21(26-27)22(24)25/h2-12,14-15,22,28H,13H2,1H3. The average molecular weight is 442 g/mol. The predicted molar refractivity (Wildman–Crippen MR) is 114 cm³/mol. The Morgan fingerprint density at radius 3 is 2.32 bits per heavy atom. The van der Waals surface area contributed by atoms with Crippen LogP contribution in [0.2, 0.25) is 0 Å². The normalized spacial score (nSPS) is 18.9. The summed E-state index contributed by atoms with van der Waals surface area (Å²) in [4.78, 5) is 0.218. The number of halogens is 2. The van der Waals surface area contributed by atoms with Crippen molar-refractivity contribution in [3.63, 3.8) is 0 Å². The highest BCUT2D eigenvalue weighted by Crippen LogP contribution is 2.39. The zero-order chi connectivity index (χ0) is 22.2. The van der Waals surface area contributed by atoms with Crippen LogP contribution in [-0.4, -0.2) is 29.6 Å². The largest absolute Gasteiger partial charge is 0.508 e. The van der Waals surface area contributed by atoms with Gasteiger partial charge in [0.25, 0.3) is 6.43 Å². The number of allylic oxidation sites excluding steroid dienone is 4. The van der Waals surface area contributed by atoms with Gasteiger partial charge in [0.05, 0.1) is 4.90 Å². The summed E-state index contributed by atoms with van der Waals surface area (Å²) in [6.07, 6.45) is 6.21. The molecule has 1 N–H and O–H groups in total. The van der Waals surface area contributed by atoms with E-state index in [0.717, 1.165) is 23.0 Å². The molecule has 0 bridgehead atoms. The molecule has 8 heteroatoms. The van der Waals surface area contributed by atoms with Gasteiger partial charge in [-0.05, 0) is 59.5 Å². The van der Waals surface area contributed by atoms with Crippen LogP contribution in [0.5, 0.6) is 5.75 Å². The molecule has 0 fully saturated rings. The molecule has 2 aromatic carbocycles. The van der Waals surface area contributed by atoms with E-state index in [0.29, 0.717) is 6.42 Å². The third-order valence-corrected chi connectivity index (χ3v) is 6.47. The summed E-state index contributed by atoms with van der Waals surface area (Å²) in [7, 11) is -3.31. The van der Waals surface area contributed by atoms with Crippen molar-refractivity contribution in [2.24, 2.45) is 0 Å². The van der Waals surface area contributed by atoms with Gasteiger partial charge < -0.3 is 5.11 Å². The maximum atomic E-state index is 13.2.